The Balaban J connectivity index is 3.25. The van der Waals surface area contributed by atoms with Crippen molar-refractivity contribution in [1.29, 1.82) is 0 Å². The fraction of sp³-hybridized carbons (Fsp3) is 0.778. The van der Waals surface area contributed by atoms with E-state index in [0.29, 0.717) is 11.8 Å². The molecule has 170 valence electrons. The molecule has 0 bridgehead atoms. The lowest BCUT2D eigenvalue weighted by Gasteiger charge is -2.12. The molecule has 1 N–H and O–H groups in total. The van der Waals surface area contributed by atoms with Gasteiger partial charge in [0.15, 0.2) is 0 Å². The predicted molar refractivity (Wildman–Crippen MR) is 131 cm³/mol. The molecule has 0 aromatic carbocycles. The smallest absolute Gasteiger partial charge is 0.0503 e. The molecule has 0 rings (SSSR count). The summed E-state index contributed by atoms with van der Waals surface area (Å²) in [4.78, 5) is 0. The number of unbranched alkanes of at least 4 members (excludes halogenated alkanes) is 8. The molecule has 0 saturated carbocycles. The minimum atomic E-state index is 0.578. The Hall–Kier alpha value is -1.02. The maximum absolute atomic E-state index is 5.71. The van der Waals surface area contributed by atoms with Crippen LogP contribution in [0.25, 0.3) is 0 Å². The Kier molecular flexibility index (Phi) is 18.3. The van der Waals surface area contributed by atoms with Crippen LogP contribution in [0.5, 0.6) is 0 Å². The summed E-state index contributed by atoms with van der Waals surface area (Å²) < 4.78 is 5.71. The monoisotopic (exact) mass is 405 g/mol. The number of ether oxygens (including phenoxy) is 1. The molecule has 0 amide bonds. The predicted octanol–water partition coefficient (Wildman–Crippen LogP) is 8.21. The number of nitrogens with one attached hydrogen (secondary N) is 1. The Morgan fingerprint density at radius 2 is 1.10 bits per heavy atom. The molecule has 0 saturated heterocycles. The fourth-order valence-corrected chi connectivity index (χ4v) is 3.11. The highest BCUT2D eigenvalue weighted by Crippen LogP contribution is 2.15. The van der Waals surface area contributed by atoms with E-state index >= 15 is 0 Å². The zero-order valence-corrected chi connectivity index (χ0v) is 20.3. The summed E-state index contributed by atoms with van der Waals surface area (Å²) in [6.07, 6.45) is 15.0. The maximum Gasteiger partial charge on any atom is 0.0503 e. The largest absolute Gasteiger partial charge is 0.389 e. The molecule has 29 heavy (non-hydrogen) atoms. The van der Waals surface area contributed by atoms with Gasteiger partial charge in [-0.15, -0.1) is 0 Å². The SMILES string of the molecule is C=C(CCC(=C)C(C)C)NCCCCCCCCCCCOCCC(=C)C(C)C. The van der Waals surface area contributed by atoms with E-state index in [2.05, 4.69) is 52.7 Å². The van der Waals surface area contributed by atoms with Gasteiger partial charge in [-0.1, -0.05) is 104 Å². The average Bonchev–Trinajstić information content (AvgIpc) is 2.68. The second-order valence-corrected chi connectivity index (χ2v) is 9.20. The number of hydrogen-bond donors (Lipinski definition) is 1. The summed E-state index contributed by atoms with van der Waals surface area (Å²) in [6, 6.07) is 0. The second kappa shape index (κ2) is 19.0. The average molecular weight is 406 g/mol. The number of hydrogen-bond acceptors (Lipinski definition) is 2. The first-order valence-electron chi connectivity index (χ1n) is 12.2. The summed E-state index contributed by atoms with van der Waals surface area (Å²) in [5.74, 6) is 1.16. The molecular formula is C27H51NO. The molecule has 0 fully saturated rings. The summed E-state index contributed by atoms with van der Waals surface area (Å²) in [5, 5.41) is 3.48. The highest BCUT2D eigenvalue weighted by molar-refractivity contribution is 5.02. The zero-order valence-electron chi connectivity index (χ0n) is 20.3. The van der Waals surface area contributed by atoms with Crippen molar-refractivity contribution < 1.29 is 4.74 Å². The molecule has 0 aliphatic carbocycles. The van der Waals surface area contributed by atoms with Gasteiger partial charge in [-0.2, -0.15) is 0 Å². The molecule has 0 atom stereocenters. The van der Waals surface area contributed by atoms with Crippen LogP contribution in [-0.2, 0) is 4.74 Å². The van der Waals surface area contributed by atoms with Crippen LogP contribution in [0.1, 0.15) is 105 Å². The van der Waals surface area contributed by atoms with Gasteiger partial charge in [-0.3, -0.25) is 0 Å². The van der Waals surface area contributed by atoms with Gasteiger partial charge in [0.2, 0.25) is 0 Å². The third kappa shape index (κ3) is 18.7. The van der Waals surface area contributed by atoms with Gasteiger partial charge in [0.1, 0.15) is 0 Å². The third-order valence-electron chi connectivity index (χ3n) is 5.79. The first kappa shape index (κ1) is 28.0. The highest BCUT2D eigenvalue weighted by Gasteiger charge is 2.02. The van der Waals surface area contributed by atoms with Crippen molar-refractivity contribution in [2.45, 2.75) is 105 Å². The minimum absolute atomic E-state index is 0.578. The van der Waals surface area contributed by atoms with Crippen LogP contribution in [0.2, 0.25) is 0 Å². The van der Waals surface area contributed by atoms with Crippen LogP contribution in [0.15, 0.2) is 36.6 Å². The molecule has 0 heterocycles. The summed E-state index contributed by atoms with van der Waals surface area (Å²) in [5.41, 5.74) is 3.80. The standard InChI is InChI=1S/C27H51NO/c1-23(2)25(5)17-18-27(7)28-20-15-13-11-9-8-10-12-14-16-21-29-22-19-26(6)24(3)4/h23-24,28H,5-22H2,1-4H3. The molecule has 0 aromatic heterocycles. The topological polar surface area (TPSA) is 21.3 Å². The van der Waals surface area contributed by atoms with Gasteiger partial charge in [0.05, 0.1) is 6.61 Å². The van der Waals surface area contributed by atoms with E-state index in [-0.39, 0.29) is 0 Å². The van der Waals surface area contributed by atoms with E-state index in [9.17, 15) is 0 Å². The van der Waals surface area contributed by atoms with E-state index in [1.54, 1.807) is 0 Å². The Morgan fingerprint density at radius 1 is 0.621 bits per heavy atom. The highest BCUT2D eigenvalue weighted by atomic mass is 16.5. The molecule has 0 radical (unpaired) electrons. The Bertz CT molecular complexity index is 436. The van der Waals surface area contributed by atoms with Crippen molar-refractivity contribution in [2.75, 3.05) is 19.8 Å². The van der Waals surface area contributed by atoms with Crippen molar-refractivity contribution in [3.05, 3.63) is 36.6 Å². The van der Waals surface area contributed by atoms with E-state index in [1.165, 1.54) is 74.6 Å². The number of rotatable bonds is 21. The fourth-order valence-electron chi connectivity index (χ4n) is 3.11. The summed E-state index contributed by atoms with van der Waals surface area (Å²) in [6.45, 7) is 24.0. The summed E-state index contributed by atoms with van der Waals surface area (Å²) >= 11 is 0. The van der Waals surface area contributed by atoms with Gasteiger partial charge >= 0.3 is 0 Å². The zero-order chi connectivity index (χ0) is 21.9. The first-order chi connectivity index (χ1) is 13.8. The maximum atomic E-state index is 5.71. The van der Waals surface area contributed by atoms with Crippen molar-refractivity contribution in [2.24, 2.45) is 11.8 Å². The van der Waals surface area contributed by atoms with Crippen LogP contribution < -0.4 is 5.32 Å². The van der Waals surface area contributed by atoms with Crippen molar-refractivity contribution >= 4 is 0 Å². The van der Waals surface area contributed by atoms with Crippen LogP contribution in [0.4, 0.5) is 0 Å². The van der Waals surface area contributed by atoms with Crippen LogP contribution in [-0.4, -0.2) is 19.8 Å². The third-order valence-corrected chi connectivity index (χ3v) is 5.79. The van der Waals surface area contributed by atoms with Crippen molar-refractivity contribution in [1.82, 2.24) is 5.32 Å². The first-order valence-corrected chi connectivity index (χ1v) is 12.2. The Morgan fingerprint density at radius 3 is 1.66 bits per heavy atom. The molecule has 0 spiro atoms. The molecule has 0 aliphatic heterocycles. The van der Waals surface area contributed by atoms with E-state index < -0.39 is 0 Å². The van der Waals surface area contributed by atoms with E-state index in [1.807, 2.05) is 0 Å². The lowest BCUT2D eigenvalue weighted by molar-refractivity contribution is 0.131. The Labute approximate surface area is 183 Å². The van der Waals surface area contributed by atoms with Gasteiger partial charge in [0, 0.05) is 18.8 Å². The van der Waals surface area contributed by atoms with Crippen LogP contribution in [0, 0.1) is 11.8 Å². The normalized spacial score (nSPS) is 11.2. The van der Waals surface area contributed by atoms with Crippen LogP contribution in [0.3, 0.4) is 0 Å². The second-order valence-electron chi connectivity index (χ2n) is 9.20. The van der Waals surface area contributed by atoms with Gasteiger partial charge in [-0.25, -0.2) is 0 Å². The molecular weight excluding hydrogens is 354 g/mol. The lowest BCUT2D eigenvalue weighted by Crippen LogP contribution is -2.14. The lowest BCUT2D eigenvalue weighted by atomic mass is 10.00. The van der Waals surface area contributed by atoms with Crippen molar-refractivity contribution in [3.8, 4) is 0 Å². The van der Waals surface area contributed by atoms with E-state index in [4.69, 9.17) is 4.74 Å². The number of allylic oxidation sites excluding steroid dienone is 2. The molecule has 2 nitrogen and oxygen atoms in total. The van der Waals surface area contributed by atoms with Crippen LogP contribution >= 0.6 is 0 Å². The quantitative estimate of drug-likeness (QED) is 0.153. The van der Waals surface area contributed by atoms with Gasteiger partial charge < -0.3 is 10.1 Å². The van der Waals surface area contributed by atoms with Gasteiger partial charge in [0.25, 0.3) is 0 Å². The minimum Gasteiger partial charge on any atom is -0.389 e. The summed E-state index contributed by atoms with van der Waals surface area (Å²) in [7, 11) is 0. The molecule has 2 heteroatoms. The molecule has 0 aliphatic rings. The van der Waals surface area contributed by atoms with Crippen molar-refractivity contribution in [3.63, 3.8) is 0 Å². The molecule has 0 unspecified atom stereocenters. The van der Waals surface area contributed by atoms with E-state index in [0.717, 1.165) is 39.0 Å². The van der Waals surface area contributed by atoms with Gasteiger partial charge in [-0.05, 0) is 43.9 Å². The molecule has 0 aromatic rings.